The van der Waals surface area contributed by atoms with Crippen molar-refractivity contribution in [3.63, 3.8) is 0 Å². The first-order valence-electron chi connectivity index (χ1n) is 7.31. The molecule has 0 aliphatic rings. The van der Waals surface area contributed by atoms with Gasteiger partial charge in [-0.3, -0.25) is 14.6 Å². The minimum Gasteiger partial charge on any atom is -0.349 e. The van der Waals surface area contributed by atoms with Gasteiger partial charge in [0.25, 0.3) is 11.5 Å². The van der Waals surface area contributed by atoms with Gasteiger partial charge in [0.05, 0.1) is 5.69 Å². The van der Waals surface area contributed by atoms with Crippen LogP contribution in [0.2, 0.25) is 0 Å². The van der Waals surface area contributed by atoms with Crippen molar-refractivity contribution in [2.24, 2.45) is 0 Å². The number of aromatic nitrogens is 4. The number of carbonyl (C=O) groups excluding carboxylic acids is 1. The van der Waals surface area contributed by atoms with Crippen molar-refractivity contribution in [2.75, 3.05) is 0 Å². The molecule has 0 saturated carbocycles. The van der Waals surface area contributed by atoms with Crippen LogP contribution in [0.4, 0.5) is 0 Å². The topological polar surface area (TPSA) is 81.3 Å². The molecule has 0 fully saturated rings. The third kappa shape index (κ3) is 2.73. The van der Waals surface area contributed by atoms with Crippen molar-refractivity contribution in [2.45, 2.75) is 26.8 Å². The Morgan fingerprint density at radius 1 is 1.22 bits per heavy atom. The van der Waals surface area contributed by atoms with E-state index in [1.165, 1.54) is 10.6 Å². The summed E-state index contributed by atoms with van der Waals surface area (Å²) in [7, 11) is 0. The highest BCUT2D eigenvalue weighted by molar-refractivity contribution is 5.94. The quantitative estimate of drug-likeness (QED) is 0.791. The van der Waals surface area contributed by atoms with Gasteiger partial charge >= 0.3 is 0 Å². The van der Waals surface area contributed by atoms with Gasteiger partial charge in [-0.1, -0.05) is 0 Å². The van der Waals surface area contributed by atoms with E-state index in [9.17, 15) is 9.59 Å². The van der Waals surface area contributed by atoms with Crippen molar-refractivity contribution in [1.29, 1.82) is 0 Å². The minimum atomic E-state index is -0.264. The van der Waals surface area contributed by atoms with E-state index < -0.39 is 0 Å². The molecule has 1 amide bonds. The second kappa shape index (κ2) is 5.68. The van der Waals surface area contributed by atoms with Crippen LogP contribution in [-0.4, -0.2) is 31.1 Å². The largest absolute Gasteiger partial charge is 0.349 e. The van der Waals surface area contributed by atoms with Gasteiger partial charge in [-0.15, -0.1) is 0 Å². The first-order valence-corrected chi connectivity index (χ1v) is 7.31. The summed E-state index contributed by atoms with van der Waals surface area (Å²) in [6.45, 7) is 5.51. The van der Waals surface area contributed by atoms with Gasteiger partial charge in [0, 0.05) is 36.3 Å². The Hall–Kier alpha value is -2.96. The van der Waals surface area contributed by atoms with Crippen molar-refractivity contribution in [1.82, 2.24) is 24.5 Å². The third-order valence-corrected chi connectivity index (χ3v) is 3.30. The molecule has 0 aliphatic heterocycles. The van der Waals surface area contributed by atoms with Crippen molar-refractivity contribution in [3.05, 3.63) is 58.4 Å². The molecule has 23 heavy (non-hydrogen) atoms. The van der Waals surface area contributed by atoms with Crippen LogP contribution in [0.25, 0.3) is 11.3 Å². The zero-order valence-corrected chi connectivity index (χ0v) is 13.1. The van der Waals surface area contributed by atoms with E-state index in [1.807, 2.05) is 13.8 Å². The van der Waals surface area contributed by atoms with E-state index in [1.54, 1.807) is 42.2 Å². The molecule has 1 N–H and O–H groups in total. The molecule has 0 atom stereocenters. The lowest BCUT2D eigenvalue weighted by molar-refractivity contribution is 0.0934. The van der Waals surface area contributed by atoms with Crippen LogP contribution in [-0.2, 0) is 0 Å². The van der Waals surface area contributed by atoms with E-state index in [4.69, 9.17) is 0 Å². The maximum atomic E-state index is 12.5. The summed E-state index contributed by atoms with van der Waals surface area (Å²) < 4.78 is 2.95. The molecule has 0 unspecified atom stereocenters. The number of aryl methyl sites for hydroxylation is 1. The summed E-state index contributed by atoms with van der Waals surface area (Å²) in [5.74, 6) is -0.264. The first-order chi connectivity index (χ1) is 11.0. The number of nitrogens with one attached hydrogen (secondary N) is 1. The fourth-order valence-corrected chi connectivity index (χ4v) is 2.44. The Morgan fingerprint density at radius 3 is 2.57 bits per heavy atom. The Bertz CT molecular complexity index is 925. The summed E-state index contributed by atoms with van der Waals surface area (Å²) >= 11 is 0. The molecule has 3 aromatic rings. The van der Waals surface area contributed by atoms with Crippen LogP contribution in [0, 0.1) is 6.92 Å². The highest BCUT2D eigenvalue weighted by atomic mass is 16.2. The summed E-state index contributed by atoms with van der Waals surface area (Å²) in [5.41, 5.74) is 1.81. The number of fused-ring (bicyclic) bond motifs is 1. The number of amides is 1. The smallest absolute Gasteiger partial charge is 0.273 e. The van der Waals surface area contributed by atoms with Crippen molar-refractivity contribution >= 4 is 11.6 Å². The number of rotatable bonds is 3. The van der Waals surface area contributed by atoms with Crippen LogP contribution >= 0.6 is 0 Å². The fraction of sp³-hybridized carbons (Fsp3) is 0.250. The number of hydrogen-bond acceptors (Lipinski definition) is 4. The van der Waals surface area contributed by atoms with E-state index in [2.05, 4.69) is 15.3 Å². The van der Waals surface area contributed by atoms with Crippen LogP contribution in [0.3, 0.4) is 0 Å². The number of nitrogens with zero attached hydrogens (tertiary/aromatic N) is 4. The van der Waals surface area contributed by atoms with Gasteiger partial charge < -0.3 is 5.32 Å². The van der Waals surface area contributed by atoms with E-state index in [-0.39, 0.29) is 17.5 Å². The molecule has 0 spiro atoms. The summed E-state index contributed by atoms with van der Waals surface area (Å²) in [6.07, 6.45) is 3.22. The van der Waals surface area contributed by atoms with Crippen LogP contribution in [0.15, 0.2) is 41.5 Å². The van der Waals surface area contributed by atoms with E-state index >= 15 is 0 Å². The van der Waals surface area contributed by atoms with Crippen molar-refractivity contribution in [3.8, 4) is 5.69 Å². The molecule has 7 nitrogen and oxygen atoms in total. The maximum Gasteiger partial charge on any atom is 0.273 e. The summed E-state index contributed by atoms with van der Waals surface area (Å²) in [6, 6.07) is 6.51. The SMILES string of the molecule is Cc1cc(=O)n2c(cc(C(=O)NC(C)C)n2-c2ccncc2)n1. The monoisotopic (exact) mass is 311 g/mol. The van der Waals surface area contributed by atoms with Gasteiger partial charge in [0.15, 0.2) is 5.65 Å². The fourth-order valence-electron chi connectivity index (χ4n) is 2.44. The summed E-state index contributed by atoms with van der Waals surface area (Å²) in [5, 5.41) is 2.85. The lowest BCUT2D eigenvalue weighted by Gasteiger charge is -2.12. The first kappa shape index (κ1) is 15.0. The predicted octanol–water partition coefficient (Wildman–Crippen LogP) is 1.33. The number of hydrogen-bond donors (Lipinski definition) is 1. The zero-order valence-electron chi connectivity index (χ0n) is 13.1. The van der Waals surface area contributed by atoms with Crippen LogP contribution in [0.5, 0.6) is 0 Å². The Labute approximate surface area is 132 Å². The Kier molecular flexibility index (Phi) is 3.69. The highest BCUT2D eigenvalue weighted by Gasteiger charge is 2.19. The molecule has 7 heteroatoms. The molecule has 118 valence electrons. The molecule has 0 saturated heterocycles. The molecular weight excluding hydrogens is 294 g/mol. The third-order valence-electron chi connectivity index (χ3n) is 3.30. The average molecular weight is 311 g/mol. The number of carbonyl (C=O) groups is 1. The molecule has 0 aromatic carbocycles. The molecular formula is C16H17N5O2. The van der Waals surface area contributed by atoms with Gasteiger partial charge in [0.1, 0.15) is 5.69 Å². The van der Waals surface area contributed by atoms with Gasteiger partial charge in [-0.25, -0.2) is 9.67 Å². The predicted molar refractivity (Wildman–Crippen MR) is 85.9 cm³/mol. The van der Waals surface area contributed by atoms with E-state index in [0.717, 1.165) is 0 Å². The maximum absolute atomic E-state index is 12.5. The molecule has 3 rings (SSSR count). The van der Waals surface area contributed by atoms with E-state index in [0.29, 0.717) is 22.7 Å². The summed E-state index contributed by atoms with van der Waals surface area (Å²) in [4.78, 5) is 33.3. The second-order valence-electron chi connectivity index (χ2n) is 5.58. The lowest BCUT2D eigenvalue weighted by atomic mass is 10.3. The highest BCUT2D eigenvalue weighted by Crippen LogP contribution is 2.14. The molecule has 0 radical (unpaired) electrons. The Morgan fingerprint density at radius 2 is 1.91 bits per heavy atom. The van der Waals surface area contributed by atoms with Gasteiger partial charge in [-0.05, 0) is 32.9 Å². The van der Waals surface area contributed by atoms with Crippen molar-refractivity contribution < 1.29 is 4.79 Å². The average Bonchev–Trinajstić information content (AvgIpc) is 2.87. The number of pyridine rings is 1. The molecule has 0 bridgehead atoms. The Balaban J connectivity index is 2.33. The standard InChI is InChI=1S/C16H17N5O2/c1-10(2)18-16(23)13-9-14-19-11(3)8-15(22)21(14)20(13)12-4-6-17-7-5-12/h4-10H,1-3H3,(H,18,23). The van der Waals surface area contributed by atoms with Crippen LogP contribution in [0.1, 0.15) is 30.0 Å². The second-order valence-corrected chi connectivity index (χ2v) is 5.58. The normalized spacial score (nSPS) is 11.1. The zero-order chi connectivity index (χ0) is 16.6. The van der Waals surface area contributed by atoms with Gasteiger partial charge in [0.2, 0.25) is 0 Å². The molecule has 3 heterocycles. The lowest BCUT2D eigenvalue weighted by Crippen LogP contribution is -2.32. The van der Waals surface area contributed by atoms with Gasteiger partial charge in [-0.2, -0.15) is 4.52 Å². The minimum absolute atomic E-state index is 0.0159. The van der Waals surface area contributed by atoms with Crippen LogP contribution < -0.4 is 10.9 Å². The molecule has 0 aliphatic carbocycles. The molecule has 3 aromatic heterocycles.